The van der Waals surface area contributed by atoms with E-state index in [1.165, 1.54) is 51.9 Å². The van der Waals surface area contributed by atoms with Crippen LogP contribution in [0.3, 0.4) is 0 Å². The lowest BCUT2D eigenvalue weighted by Gasteiger charge is -2.40. The van der Waals surface area contributed by atoms with E-state index < -0.39 is 0 Å². The van der Waals surface area contributed by atoms with E-state index in [0.717, 1.165) is 19.7 Å². The number of nitrogens with zero attached hydrogens (tertiary/aromatic N) is 2. The molecule has 4 nitrogen and oxygen atoms in total. The van der Waals surface area contributed by atoms with Crippen LogP contribution in [0.5, 0.6) is 0 Å². The van der Waals surface area contributed by atoms with Crippen molar-refractivity contribution in [3.8, 4) is 0 Å². The Kier molecular flexibility index (Phi) is 5.89. The van der Waals surface area contributed by atoms with Gasteiger partial charge in [0.15, 0.2) is 0 Å². The van der Waals surface area contributed by atoms with Crippen molar-refractivity contribution >= 4 is 0 Å². The van der Waals surface area contributed by atoms with E-state index in [1.807, 2.05) is 0 Å². The first-order valence-corrected chi connectivity index (χ1v) is 7.61. The molecule has 2 unspecified atom stereocenters. The molecule has 0 aromatic carbocycles. The summed E-state index contributed by atoms with van der Waals surface area (Å²) in [5, 5.41) is 0. The molecule has 0 aromatic rings. The van der Waals surface area contributed by atoms with E-state index >= 15 is 0 Å². The summed E-state index contributed by atoms with van der Waals surface area (Å²) in [5.41, 5.74) is 5.82. The van der Waals surface area contributed by atoms with Crippen LogP contribution in [0.15, 0.2) is 0 Å². The van der Waals surface area contributed by atoms with Crippen molar-refractivity contribution in [2.24, 2.45) is 5.73 Å². The van der Waals surface area contributed by atoms with Gasteiger partial charge in [0.2, 0.25) is 0 Å². The largest absolute Gasteiger partial charge is 0.377 e. The Bertz CT molecular complexity index is 219. The summed E-state index contributed by atoms with van der Waals surface area (Å²) in [5.74, 6) is 0. The molecule has 0 radical (unpaired) electrons. The predicted octanol–water partition coefficient (Wildman–Crippen LogP) is 0.910. The molecular weight excluding hydrogens is 226 g/mol. The average Bonchev–Trinajstić information content (AvgIpc) is 2.43. The van der Waals surface area contributed by atoms with Gasteiger partial charge in [0.25, 0.3) is 0 Å². The van der Waals surface area contributed by atoms with Crippen LogP contribution < -0.4 is 5.73 Å². The fraction of sp³-hybridized carbons (Fsp3) is 1.00. The molecule has 106 valence electrons. The van der Waals surface area contributed by atoms with Crippen molar-refractivity contribution in [3.63, 3.8) is 0 Å². The summed E-state index contributed by atoms with van der Waals surface area (Å²) < 4.78 is 5.82. The van der Waals surface area contributed by atoms with Gasteiger partial charge in [-0.3, -0.25) is 9.80 Å². The lowest BCUT2D eigenvalue weighted by atomic mass is 10.1. The predicted molar refractivity (Wildman–Crippen MR) is 74.7 cm³/mol. The standard InChI is InChI=1S/C14H29N3O/c1-2-13(11-15)17-8-6-16(7-9-17)12-14-5-3-4-10-18-14/h13-14H,2-12,15H2,1H3. The summed E-state index contributed by atoms with van der Waals surface area (Å²) in [7, 11) is 0. The summed E-state index contributed by atoms with van der Waals surface area (Å²) in [6, 6.07) is 0.582. The van der Waals surface area contributed by atoms with Gasteiger partial charge in [-0.1, -0.05) is 6.92 Å². The monoisotopic (exact) mass is 255 g/mol. The summed E-state index contributed by atoms with van der Waals surface area (Å²) >= 11 is 0. The van der Waals surface area contributed by atoms with Crippen LogP contribution in [0.2, 0.25) is 0 Å². The molecule has 0 amide bonds. The zero-order chi connectivity index (χ0) is 12.8. The zero-order valence-corrected chi connectivity index (χ0v) is 11.8. The molecule has 0 saturated carbocycles. The van der Waals surface area contributed by atoms with Gasteiger partial charge in [0.1, 0.15) is 0 Å². The summed E-state index contributed by atoms with van der Waals surface area (Å²) in [4.78, 5) is 5.12. The quantitative estimate of drug-likeness (QED) is 0.793. The minimum atomic E-state index is 0.488. The smallest absolute Gasteiger partial charge is 0.0702 e. The van der Waals surface area contributed by atoms with Crippen LogP contribution in [-0.4, -0.2) is 67.8 Å². The molecular formula is C14H29N3O. The van der Waals surface area contributed by atoms with Gasteiger partial charge in [0.05, 0.1) is 6.10 Å². The fourth-order valence-electron chi connectivity index (χ4n) is 3.12. The molecule has 4 heteroatoms. The molecule has 2 rings (SSSR count). The van der Waals surface area contributed by atoms with Crippen molar-refractivity contribution in [1.82, 2.24) is 9.80 Å². The van der Waals surface area contributed by atoms with Crippen LogP contribution in [0.1, 0.15) is 32.6 Å². The molecule has 0 bridgehead atoms. The van der Waals surface area contributed by atoms with Gasteiger partial charge in [-0.2, -0.15) is 0 Å². The molecule has 2 saturated heterocycles. The number of ether oxygens (including phenoxy) is 1. The second kappa shape index (κ2) is 7.43. The SMILES string of the molecule is CCC(CN)N1CCN(CC2CCCCO2)CC1. The molecule has 0 aliphatic carbocycles. The second-order valence-electron chi connectivity index (χ2n) is 5.62. The van der Waals surface area contributed by atoms with E-state index in [4.69, 9.17) is 10.5 Å². The Balaban J connectivity index is 1.69. The normalized spacial score (nSPS) is 29.3. The molecule has 0 spiro atoms. The Morgan fingerprint density at radius 2 is 2.00 bits per heavy atom. The molecule has 2 aliphatic heterocycles. The minimum Gasteiger partial charge on any atom is -0.377 e. The first-order chi connectivity index (χ1) is 8.83. The Labute approximate surface area is 111 Å². The highest BCUT2D eigenvalue weighted by Gasteiger charge is 2.24. The van der Waals surface area contributed by atoms with Crippen molar-refractivity contribution in [1.29, 1.82) is 0 Å². The van der Waals surface area contributed by atoms with Crippen LogP contribution >= 0.6 is 0 Å². The Morgan fingerprint density at radius 3 is 2.56 bits per heavy atom. The van der Waals surface area contributed by atoms with E-state index in [9.17, 15) is 0 Å². The number of hydrogen-bond acceptors (Lipinski definition) is 4. The van der Waals surface area contributed by atoms with Gasteiger partial charge in [-0.25, -0.2) is 0 Å². The third-order valence-corrected chi connectivity index (χ3v) is 4.40. The minimum absolute atomic E-state index is 0.488. The number of hydrogen-bond donors (Lipinski definition) is 1. The number of nitrogens with two attached hydrogens (primary N) is 1. The van der Waals surface area contributed by atoms with Gasteiger partial charge in [-0.05, 0) is 25.7 Å². The second-order valence-corrected chi connectivity index (χ2v) is 5.62. The average molecular weight is 255 g/mol. The Hall–Kier alpha value is -0.160. The third-order valence-electron chi connectivity index (χ3n) is 4.40. The molecule has 2 aliphatic rings. The van der Waals surface area contributed by atoms with Gasteiger partial charge >= 0.3 is 0 Å². The topological polar surface area (TPSA) is 41.7 Å². The van der Waals surface area contributed by atoms with Gasteiger partial charge < -0.3 is 10.5 Å². The van der Waals surface area contributed by atoms with E-state index in [-0.39, 0.29) is 0 Å². The van der Waals surface area contributed by atoms with Gasteiger partial charge in [-0.15, -0.1) is 0 Å². The molecule has 0 aromatic heterocycles. The van der Waals surface area contributed by atoms with E-state index in [2.05, 4.69) is 16.7 Å². The van der Waals surface area contributed by atoms with Crippen LogP contribution in [0.25, 0.3) is 0 Å². The highest BCUT2D eigenvalue weighted by molar-refractivity contribution is 4.80. The molecule has 2 heterocycles. The Morgan fingerprint density at radius 1 is 1.22 bits per heavy atom. The first-order valence-electron chi connectivity index (χ1n) is 7.61. The summed E-state index contributed by atoms with van der Waals surface area (Å²) in [6.45, 7) is 9.82. The summed E-state index contributed by atoms with van der Waals surface area (Å²) in [6.07, 6.45) is 5.50. The number of piperazine rings is 1. The maximum Gasteiger partial charge on any atom is 0.0702 e. The lowest BCUT2D eigenvalue weighted by molar-refractivity contribution is -0.0168. The third kappa shape index (κ3) is 3.92. The highest BCUT2D eigenvalue weighted by atomic mass is 16.5. The maximum atomic E-state index is 5.82. The molecule has 2 fully saturated rings. The lowest BCUT2D eigenvalue weighted by Crippen LogP contribution is -2.53. The van der Waals surface area contributed by atoms with Crippen molar-refractivity contribution in [3.05, 3.63) is 0 Å². The maximum absolute atomic E-state index is 5.82. The van der Waals surface area contributed by atoms with Crippen LogP contribution in [0.4, 0.5) is 0 Å². The van der Waals surface area contributed by atoms with E-state index in [1.54, 1.807) is 0 Å². The van der Waals surface area contributed by atoms with E-state index in [0.29, 0.717) is 12.1 Å². The van der Waals surface area contributed by atoms with Gasteiger partial charge in [0, 0.05) is 51.9 Å². The van der Waals surface area contributed by atoms with Crippen molar-refractivity contribution in [2.75, 3.05) is 45.9 Å². The molecule has 18 heavy (non-hydrogen) atoms. The first kappa shape index (κ1) is 14.3. The molecule has 2 atom stereocenters. The van der Waals surface area contributed by atoms with Crippen molar-refractivity contribution in [2.45, 2.75) is 44.8 Å². The number of rotatable bonds is 5. The van der Waals surface area contributed by atoms with Crippen LogP contribution in [0, 0.1) is 0 Å². The fourth-order valence-corrected chi connectivity index (χ4v) is 3.12. The van der Waals surface area contributed by atoms with Crippen molar-refractivity contribution < 1.29 is 4.74 Å². The zero-order valence-electron chi connectivity index (χ0n) is 11.8. The highest BCUT2D eigenvalue weighted by Crippen LogP contribution is 2.15. The molecule has 2 N–H and O–H groups in total. The van der Waals surface area contributed by atoms with Crippen LogP contribution in [-0.2, 0) is 4.74 Å².